The molecule has 1 aromatic rings. The summed E-state index contributed by atoms with van der Waals surface area (Å²) in [5, 5.41) is 10.2. The fraction of sp³-hybridized carbons (Fsp3) is 0.583. The molecule has 1 aliphatic heterocycles. The van der Waals surface area contributed by atoms with E-state index in [-0.39, 0.29) is 17.9 Å². The molecule has 2 N–H and O–H groups in total. The number of carbonyl (C=O) groups is 1. The van der Waals surface area contributed by atoms with Crippen molar-refractivity contribution < 1.29 is 9.90 Å². The molecule has 0 radical (unpaired) electrons. The zero-order valence-electron chi connectivity index (χ0n) is 10.1. The van der Waals surface area contributed by atoms with Crippen LogP contribution < -0.4 is 0 Å². The van der Waals surface area contributed by atoms with Crippen LogP contribution in [0.2, 0.25) is 10.2 Å². The first-order valence-corrected chi connectivity index (χ1v) is 6.76. The highest BCUT2D eigenvalue weighted by Crippen LogP contribution is 2.25. The molecule has 0 spiro atoms. The summed E-state index contributed by atoms with van der Waals surface area (Å²) in [5.41, 5.74) is 0.417. The number of amides is 1. The van der Waals surface area contributed by atoms with E-state index in [0.29, 0.717) is 29.0 Å². The van der Waals surface area contributed by atoms with E-state index in [1.54, 1.807) is 17.9 Å². The molecular weight excluding hydrogens is 275 g/mol. The normalized spacial score (nSPS) is 19.0. The van der Waals surface area contributed by atoms with Gasteiger partial charge in [0, 0.05) is 13.1 Å². The number of aliphatic hydroxyl groups is 1. The van der Waals surface area contributed by atoms with Crippen molar-refractivity contribution in [3.8, 4) is 0 Å². The molecule has 6 heteroatoms. The van der Waals surface area contributed by atoms with Crippen LogP contribution in [0.25, 0.3) is 0 Å². The number of hydrogen-bond donors (Lipinski definition) is 2. The lowest BCUT2D eigenvalue weighted by Gasteiger charge is -2.33. The number of aromatic nitrogens is 1. The monoisotopic (exact) mass is 290 g/mol. The third-order valence-electron chi connectivity index (χ3n) is 3.46. The van der Waals surface area contributed by atoms with Gasteiger partial charge in [0.1, 0.15) is 10.8 Å². The van der Waals surface area contributed by atoms with Crippen molar-refractivity contribution in [2.75, 3.05) is 13.1 Å². The molecule has 1 atom stereocenters. The molecule has 1 fully saturated rings. The van der Waals surface area contributed by atoms with E-state index in [1.165, 1.54) is 0 Å². The second kappa shape index (κ2) is 5.51. The molecule has 1 saturated heterocycles. The predicted molar refractivity (Wildman–Crippen MR) is 71.1 cm³/mol. The summed E-state index contributed by atoms with van der Waals surface area (Å²) in [6, 6.07) is 1.55. The van der Waals surface area contributed by atoms with E-state index >= 15 is 0 Å². The number of hydrogen-bond acceptors (Lipinski definition) is 2. The first-order valence-electron chi connectivity index (χ1n) is 6.00. The summed E-state index contributed by atoms with van der Waals surface area (Å²) in [6.45, 7) is 3.11. The fourth-order valence-corrected chi connectivity index (χ4v) is 2.59. The lowest BCUT2D eigenvalue weighted by molar-refractivity contribution is 0.0517. The standard InChI is InChI=1S/C12H16Cl2N2O2/c1-7(17)8-2-4-16(5-3-8)12(18)10-6-9(13)11(14)15-10/h6-8,15,17H,2-5H2,1H3. The van der Waals surface area contributed by atoms with E-state index in [0.717, 1.165) is 12.8 Å². The van der Waals surface area contributed by atoms with Gasteiger partial charge in [0.2, 0.25) is 0 Å². The molecule has 4 nitrogen and oxygen atoms in total. The van der Waals surface area contributed by atoms with Gasteiger partial charge in [-0.3, -0.25) is 4.79 Å². The van der Waals surface area contributed by atoms with Crippen molar-refractivity contribution in [2.45, 2.75) is 25.9 Å². The minimum absolute atomic E-state index is 0.0900. The van der Waals surface area contributed by atoms with Gasteiger partial charge in [0.25, 0.3) is 5.91 Å². The van der Waals surface area contributed by atoms with Gasteiger partial charge in [-0.05, 0) is 31.7 Å². The molecule has 0 aromatic carbocycles. The maximum atomic E-state index is 12.2. The molecule has 2 heterocycles. The molecule has 2 rings (SSSR count). The first-order chi connectivity index (χ1) is 8.49. The molecular formula is C12H16Cl2N2O2. The molecule has 1 amide bonds. The van der Waals surface area contributed by atoms with Crippen LogP contribution in [0.5, 0.6) is 0 Å². The molecule has 18 heavy (non-hydrogen) atoms. The van der Waals surface area contributed by atoms with Gasteiger partial charge >= 0.3 is 0 Å². The number of aromatic amines is 1. The maximum absolute atomic E-state index is 12.2. The number of H-pyrrole nitrogens is 1. The molecule has 100 valence electrons. The number of nitrogens with one attached hydrogen (secondary N) is 1. The van der Waals surface area contributed by atoms with Gasteiger partial charge in [-0.15, -0.1) is 0 Å². The Bertz CT molecular complexity index is 418. The summed E-state index contributed by atoms with van der Waals surface area (Å²) < 4.78 is 0. The van der Waals surface area contributed by atoms with E-state index in [9.17, 15) is 9.90 Å². The van der Waals surface area contributed by atoms with E-state index < -0.39 is 0 Å². The Kier molecular flexibility index (Phi) is 4.20. The Morgan fingerprint density at radius 3 is 2.56 bits per heavy atom. The summed E-state index contributed by atoms with van der Waals surface area (Å²) in [6.07, 6.45) is 1.34. The van der Waals surface area contributed by atoms with Crippen LogP contribution in [0.3, 0.4) is 0 Å². The zero-order chi connectivity index (χ0) is 13.3. The molecule has 1 unspecified atom stereocenters. The lowest BCUT2D eigenvalue weighted by atomic mass is 9.92. The van der Waals surface area contributed by atoms with Crippen molar-refractivity contribution in [3.05, 3.63) is 21.9 Å². The average molecular weight is 291 g/mol. The number of rotatable bonds is 2. The van der Waals surface area contributed by atoms with Crippen molar-refractivity contribution in [2.24, 2.45) is 5.92 Å². The van der Waals surface area contributed by atoms with Crippen LogP contribution in [0.1, 0.15) is 30.3 Å². The molecule has 1 aromatic heterocycles. The minimum Gasteiger partial charge on any atom is -0.393 e. The SMILES string of the molecule is CC(O)C1CCN(C(=O)c2cc(Cl)c(Cl)[nH]2)CC1. The third-order valence-corrected chi connectivity index (χ3v) is 4.16. The minimum atomic E-state index is -0.309. The maximum Gasteiger partial charge on any atom is 0.270 e. The topological polar surface area (TPSA) is 56.3 Å². The Labute approximate surface area is 116 Å². The van der Waals surface area contributed by atoms with Crippen molar-refractivity contribution in [3.63, 3.8) is 0 Å². The van der Waals surface area contributed by atoms with Crippen LogP contribution in [0.4, 0.5) is 0 Å². The van der Waals surface area contributed by atoms with Gasteiger partial charge in [0.05, 0.1) is 11.1 Å². The zero-order valence-corrected chi connectivity index (χ0v) is 11.6. The second-order valence-electron chi connectivity index (χ2n) is 4.72. The summed E-state index contributed by atoms with van der Waals surface area (Å²) in [4.78, 5) is 16.7. The summed E-state index contributed by atoms with van der Waals surface area (Å²) in [5.74, 6) is 0.192. The number of likely N-dealkylation sites (tertiary alicyclic amines) is 1. The summed E-state index contributed by atoms with van der Waals surface area (Å²) >= 11 is 11.6. The van der Waals surface area contributed by atoms with Gasteiger partial charge < -0.3 is 15.0 Å². The van der Waals surface area contributed by atoms with Crippen LogP contribution in [-0.4, -0.2) is 40.1 Å². The second-order valence-corrected chi connectivity index (χ2v) is 5.50. The summed E-state index contributed by atoms with van der Waals surface area (Å²) in [7, 11) is 0. The van der Waals surface area contributed by atoms with Crippen LogP contribution in [0.15, 0.2) is 6.07 Å². The lowest BCUT2D eigenvalue weighted by Crippen LogP contribution is -2.40. The van der Waals surface area contributed by atoms with Gasteiger partial charge in [0.15, 0.2) is 0 Å². The Morgan fingerprint density at radius 1 is 1.50 bits per heavy atom. The van der Waals surface area contributed by atoms with Crippen molar-refractivity contribution >= 4 is 29.1 Å². The Morgan fingerprint density at radius 2 is 2.11 bits per heavy atom. The predicted octanol–water partition coefficient (Wildman–Crippen LogP) is 2.55. The highest BCUT2D eigenvalue weighted by molar-refractivity contribution is 6.41. The van der Waals surface area contributed by atoms with Crippen LogP contribution in [-0.2, 0) is 0 Å². The van der Waals surface area contributed by atoms with Crippen molar-refractivity contribution in [1.29, 1.82) is 0 Å². The highest BCUT2D eigenvalue weighted by Gasteiger charge is 2.26. The third kappa shape index (κ3) is 2.82. The van der Waals surface area contributed by atoms with E-state index in [4.69, 9.17) is 23.2 Å². The molecule has 0 aliphatic carbocycles. The number of aliphatic hydroxyl groups excluding tert-OH is 1. The number of piperidine rings is 1. The van der Waals surface area contributed by atoms with Gasteiger partial charge in [-0.1, -0.05) is 23.2 Å². The van der Waals surface area contributed by atoms with Crippen LogP contribution in [0, 0.1) is 5.92 Å². The van der Waals surface area contributed by atoms with E-state index in [2.05, 4.69) is 4.98 Å². The highest BCUT2D eigenvalue weighted by atomic mass is 35.5. The molecule has 1 aliphatic rings. The fourth-order valence-electron chi connectivity index (χ4n) is 2.27. The Hall–Kier alpha value is -0.710. The van der Waals surface area contributed by atoms with Gasteiger partial charge in [-0.25, -0.2) is 0 Å². The van der Waals surface area contributed by atoms with E-state index in [1.807, 2.05) is 0 Å². The smallest absolute Gasteiger partial charge is 0.270 e. The number of nitrogens with zero attached hydrogens (tertiary/aromatic N) is 1. The largest absolute Gasteiger partial charge is 0.393 e. The number of halogens is 2. The first kappa shape index (κ1) is 13.7. The molecule has 0 saturated carbocycles. The molecule has 0 bridgehead atoms. The Balaban J connectivity index is 1.99. The number of carbonyl (C=O) groups excluding carboxylic acids is 1. The average Bonchev–Trinajstić information content (AvgIpc) is 2.69. The van der Waals surface area contributed by atoms with Crippen molar-refractivity contribution in [1.82, 2.24) is 9.88 Å². The quantitative estimate of drug-likeness (QED) is 0.879. The van der Waals surface area contributed by atoms with Gasteiger partial charge in [-0.2, -0.15) is 0 Å². The van der Waals surface area contributed by atoms with Crippen LogP contribution >= 0.6 is 23.2 Å².